The summed E-state index contributed by atoms with van der Waals surface area (Å²) < 4.78 is 26.8. The molecule has 3 rings (SSSR count). The molecule has 1 fully saturated rings. The zero-order valence-electron chi connectivity index (χ0n) is 18.5. The minimum Gasteiger partial charge on any atom is -0.448 e. The Bertz CT molecular complexity index is 1120. The first-order valence-electron chi connectivity index (χ1n) is 10.4. The summed E-state index contributed by atoms with van der Waals surface area (Å²) in [4.78, 5) is 51.7. The minimum atomic E-state index is -0.987. The predicted octanol–water partition coefficient (Wildman–Crippen LogP) is 2.62. The van der Waals surface area contributed by atoms with E-state index in [0.29, 0.717) is 12.8 Å². The second-order valence-corrected chi connectivity index (χ2v) is 8.57. The standard InChI is InChI=1S/C21H27FN4O6/c1-5-31-20(30)26-15-11-12(22)10-14(17(23)27)16(15)18(28)25(26)13-6-8-24(9-7-13)19(29)32-21(2,3)4/h10-11,13H,5-9H2,1-4H3,(H2,23,27). The first-order chi connectivity index (χ1) is 14.9. The number of piperidine rings is 1. The zero-order valence-corrected chi connectivity index (χ0v) is 18.5. The molecule has 1 saturated heterocycles. The van der Waals surface area contributed by atoms with Crippen LogP contribution < -0.4 is 11.3 Å². The van der Waals surface area contributed by atoms with Crippen molar-refractivity contribution in [3.63, 3.8) is 0 Å². The van der Waals surface area contributed by atoms with Gasteiger partial charge in [0.15, 0.2) is 0 Å². The first kappa shape index (κ1) is 23.3. The maximum atomic E-state index is 14.2. The summed E-state index contributed by atoms with van der Waals surface area (Å²) in [5.74, 6) is -1.80. The summed E-state index contributed by atoms with van der Waals surface area (Å²) in [6.45, 7) is 7.50. The van der Waals surface area contributed by atoms with Crippen LogP contribution in [-0.2, 0) is 9.47 Å². The van der Waals surface area contributed by atoms with Crippen LogP contribution in [0.4, 0.5) is 14.0 Å². The number of ether oxygens (including phenoxy) is 2. The molecule has 0 aliphatic carbocycles. The number of primary amides is 1. The molecular formula is C21H27FN4O6. The average Bonchev–Trinajstić information content (AvgIpc) is 2.98. The molecule has 0 spiro atoms. The molecule has 0 unspecified atom stereocenters. The third-order valence-corrected chi connectivity index (χ3v) is 5.12. The smallest absolute Gasteiger partial charge is 0.433 e. The summed E-state index contributed by atoms with van der Waals surface area (Å²) in [7, 11) is 0. The van der Waals surface area contributed by atoms with Crippen LogP contribution in [-0.4, -0.2) is 57.7 Å². The number of rotatable bonds is 3. The molecule has 0 radical (unpaired) electrons. The zero-order chi connectivity index (χ0) is 23.8. The number of hydrogen-bond donors (Lipinski definition) is 1. The highest BCUT2D eigenvalue weighted by atomic mass is 19.1. The van der Waals surface area contributed by atoms with E-state index >= 15 is 0 Å². The molecule has 0 atom stereocenters. The topological polar surface area (TPSA) is 126 Å². The number of benzene rings is 1. The van der Waals surface area contributed by atoms with Crippen molar-refractivity contribution in [3.05, 3.63) is 33.9 Å². The molecule has 1 aliphatic rings. The summed E-state index contributed by atoms with van der Waals surface area (Å²) in [6, 6.07) is 1.37. The van der Waals surface area contributed by atoms with E-state index in [2.05, 4.69) is 0 Å². The number of halogens is 1. The predicted molar refractivity (Wildman–Crippen MR) is 113 cm³/mol. The molecule has 2 aromatic rings. The van der Waals surface area contributed by atoms with Gasteiger partial charge < -0.3 is 20.1 Å². The third-order valence-electron chi connectivity index (χ3n) is 5.12. The first-order valence-corrected chi connectivity index (χ1v) is 10.4. The van der Waals surface area contributed by atoms with E-state index in [1.54, 1.807) is 27.7 Å². The fraction of sp³-hybridized carbons (Fsp3) is 0.524. The van der Waals surface area contributed by atoms with Gasteiger partial charge in [0.1, 0.15) is 11.4 Å². The Morgan fingerprint density at radius 1 is 1.16 bits per heavy atom. The largest absolute Gasteiger partial charge is 0.448 e. The fourth-order valence-corrected chi connectivity index (χ4v) is 3.82. The Balaban J connectivity index is 2.04. The summed E-state index contributed by atoms with van der Waals surface area (Å²) in [5.41, 5.74) is 3.65. The normalized spacial score (nSPS) is 15.1. The van der Waals surface area contributed by atoms with Crippen LogP contribution in [0.3, 0.4) is 0 Å². The van der Waals surface area contributed by atoms with Crippen molar-refractivity contribution in [1.29, 1.82) is 0 Å². The monoisotopic (exact) mass is 450 g/mol. The Morgan fingerprint density at radius 2 is 1.78 bits per heavy atom. The maximum absolute atomic E-state index is 14.2. The molecule has 174 valence electrons. The van der Waals surface area contributed by atoms with Crippen LogP contribution >= 0.6 is 0 Å². The van der Waals surface area contributed by atoms with E-state index in [1.165, 1.54) is 9.58 Å². The van der Waals surface area contributed by atoms with Gasteiger partial charge in [-0.25, -0.2) is 18.7 Å². The highest BCUT2D eigenvalue weighted by Gasteiger charge is 2.32. The molecule has 2 amide bonds. The quantitative estimate of drug-likeness (QED) is 0.766. The number of nitrogens with zero attached hydrogens (tertiary/aromatic N) is 3. The number of nitrogens with two attached hydrogens (primary N) is 1. The number of aromatic nitrogens is 2. The second kappa shape index (κ2) is 8.64. The molecule has 2 N–H and O–H groups in total. The van der Waals surface area contributed by atoms with Gasteiger partial charge >= 0.3 is 12.2 Å². The Hall–Kier alpha value is -3.37. The average molecular weight is 450 g/mol. The molecule has 32 heavy (non-hydrogen) atoms. The lowest BCUT2D eigenvalue weighted by Gasteiger charge is -2.34. The number of likely N-dealkylation sites (tertiary alicyclic amines) is 1. The van der Waals surface area contributed by atoms with E-state index in [1.807, 2.05) is 0 Å². The molecular weight excluding hydrogens is 423 g/mol. The third kappa shape index (κ3) is 4.46. The maximum Gasteiger partial charge on any atom is 0.433 e. The van der Waals surface area contributed by atoms with E-state index < -0.39 is 41.1 Å². The van der Waals surface area contributed by atoms with Crippen molar-refractivity contribution in [1.82, 2.24) is 14.3 Å². The van der Waals surface area contributed by atoms with Crippen molar-refractivity contribution >= 4 is 29.0 Å². The van der Waals surface area contributed by atoms with Crippen LogP contribution in [0.1, 0.15) is 56.9 Å². The van der Waals surface area contributed by atoms with Gasteiger partial charge in [0.2, 0.25) is 5.91 Å². The lowest BCUT2D eigenvalue weighted by Crippen LogP contribution is -2.44. The van der Waals surface area contributed by atoms with Gasteiger partial charge in [-0.05, 0) is 46.6 Å². The molecule has 1 aromatic heterocycles. The van der Waals surface area contributed by atoms with Gasteiger partial charge in [-0.1, -0.05) is 0 Å². The number of carbonyl (C=O) groups excluding carboxylic acids is 3. The van der Waals surface area contributed by atoms with E-state index in [-0.39, 0.29) is 36.2 Å². The molecule has 0 saturated carbocycles. The van der Waals surface area contributed by atoms with Crippen LogP contribution in [0.15, 0.2) is 16.9 Å². The van der Waals surface area contributed by atoms with Crippen molar-refractivity contribution < 1.29 is 28.2 Å². The Kier molecular flexibility index (Phi) is 6.29. The Labute approximate surface area is 183 Å². The number of carbonyl (C=O) groups is 3. The SMILES string of the molecule is CCOC(=O)n1c2cc(F)cc(C(N)=O)c2c(=O)n1C1CCN(C(=O)OC(C)(C)C)CC1. The van der Waals surface area contributed by atoms with Gasteiger partial charge in [-0.15, -0.1) is 0 Å². The van der Waals surface area contributed by atoms with Crippen molar-refractivity contribution in [2.75, 3.05) is 19.7 Å². The number of hydrogen-bond acceptors (Lipinski definition) is 6. The van der Waals surface area contributed by atoms with E-state index in [0.717, 1.165) is 16.8 Å². The van der Waals surface area contributed by atoms with Crippen molar-refractivity contribution in [2.45, 2.75) is 52.2 Å². The van der Waals surface area contributed by atoms with Gasteiger partial charge in [0, 0.05) is 19.2 Å². The highest BCUT2D eigenvalue weighted by Crippen LogP contribution is 2.27. The van der Waals surface area contributed by atoms with Crippen LogP contribution in [0.2, 0.25) is 0 Å². The molecule has 0 bridgehead atoms. The van der Waals surface area contributed by atoms with Crippen molar-refractivity contribution in [3.8, 4) is 0 Å². The lowest BCUT2D eigenvalue weighted by atomic mass is 10.1. The summed E-state index contributed by atoms with van der Waals surface area (Å²) in [5, 5.41) is -0.151. The van der Waals surface area contributed by atoms with Gasteiger partial charge in [-0.3, -0.25) is 9.59 Å². The summed E-state index contributed by atoms with van der Waals surface area (Å²) >= 11 is 0. The van der Waals surface area contributed by atoms with Gasteiger partial charge in [-0.2, -0.15) is 4.68 Å². The second-order valence-electron chi connectivity index (χ2n) is 8.57. The lowest BCUT2D eigenvalue weighted by molar-refractivity contribution is 0.0179. The van der Waals surface area contributed by atoms with Crippen LogP contribution in [0.25, 0.3) is 10.9 Å². The van der Waals surface area contributed by atoms with Crippen molar-refractivity contribution in [2.24, 2.45) is 5.73 Å². The van der Waals surface area contributed by atoms with Gasteiger partial charge in [0.05, 0.1) is 29.1 Å². The highest BCUT2D eigenvalue weighted by molar-refractivity contribution is 6.06. The van der Waals surface area contributed by atoms with E-state index in [9.17, 15) is 23.6 Å². The van der Waals surface area contributed by atoms with E-state index in [4.69, 9.17) is 15.2 Å². The fourth-order valence-electron chi connectivity index (χ4n) is 3.82. The number of amides is 2. The molecule has 10 nitrogen and oxygen atoms in total. The Morgan fingerprint density at radius 3 is 2.31 bits per heavy atom. The number of fused-ring (bicyclic) bond motifs is 1. The molecule has 11 heteroatoms. The minimum absolute atomic E-state index is 0.0295. The van der Waals surface area contributed by atoms with Crippen LogP contribution in [0.5, 0.6) is 0 Å². The summed E-state index contributed by atoms with van der Waals surface area (Å²) in [6.07, 6.45) is -0.672. The molecule has 1 aromatic carbocycles. The van der Waals surface area contributed by atoms with Crippen LogP contribution in [0, 0.1) is 5.82 Å². The molecule has 2 heterocycles. The molecule has 1 aliphatic heterocycles. The van der Waals surface area contributed by atoms with Gasteiger partial charge in [0.25, 0.3) is 5.56 Å².